The molecule has 142 valence electrons. The maximum absolute atomic E-state index is 12.6. The fourth-order valence-corrected chi connectivity index (χ4v) is 3.95. The van der Waals surface area contributed by atoms with Crippen molar-refractivity contribution in [3.8, 4) is 0 Å². The number of rotatable bonds is 6. The van der Waals surface area contributed by atoms with Crippen molar-refractivity contribution in [1.82, 2.24) is 8.96 Å². The van der Waals surface area contributed by atoms with E-state index in [9.17, 15) is 4.79 Å². The van der Waals surface area contributed by atoms with Gasteiger partial charge >= 0.3 is 0 Å². The number of hydrogen-bond donors (Lipinski definition) is 2. The van der Waals surface area contributed by atoms with Gasteiger partial charge in [-0.1, -0.05) is 26.0 Å². The molecule has 0 aliphatic rings. The molecule has 0 aliphatic heterocycles. The molecule has 0 aliphatic carbocycles. The van der Waals surface area contributed by atoms with Gasteiger partial charge in [-0.15, -0.1) is 0 Å². The van der Waals surface area contributed by atoms with Crippen molar-refractivity contribution in [2.45, 2.75) is 31.1 Å². The third-order valence-electron chi connectivity index (χ3n) is 5.02. The van der Waals surface area contributed by atoms with Crippen molar-refractivity contribution in [2.75, 3.05) is 5.32 Å². The van der Waals surface area contributed by atoms with Gasteiger partial charge in [0.05, 0.1) is 5.56 Å². The predicted molar refractivity (Wildman–Crippen MR) is 117 cm³/mol. The lowest BCUT2D eigenvalue weighted by Gasteiger charge is -2.10. The van der Waals surface area contributed by atoms with Gasteiger partial charge in [-0.2, -0.15) is 0 Å². The van der Waals surface area contributed by atoms with E-state index in [4.69, 9.17) is 0 Å². The first-order valence-corrected chi connectivity index (χ1v) is 10.2. The fourth-order valence-electron chi connectivity index (χ4n) is 3.11. The highest BCUT2D eigenvalue weighted by Gasteiger charge is 2.10. The Balaban J connectivity index is 1.42. The van der Waals surface area contributed by atoms with Gasteiger partial charge < -0.3 is 10.3 Å². The number of nitrogens with zero attached hydrogens (tertiary/aromatic N) is 1. The number of hydrogen-bond acceptors (Lipinski definition) is 2. The van der Waals surface area contributed by atoms with E-state index < -0.39 is 0 Å². The summed E-state index contributed by atoms with van der Waals surface area (Å²) in [5.74, 6) is 0.429. The van der Waals surface area contributed by atoms with Crippen LogP contribution in [0.5, 0.6) is 0 Å². The molecule has 0 bridgehead atoms. The Bertz CT molecular complexity index is 1090. The minimum absolute atomic E-state index is 0.100. The Hall–Kier alpha value is -2.92. The van der Waals surface area contributed by atoms with Crippen LogP contribution in [-0.2, 0) is 0 Å². The van der Waals surface area contributed by atoms with Gasteiger partial charge in [0.1, 0.15) is 0 Å². The number of aromatic nitrogens is 2. The minimum Gasteiger partial charge on any atom is -0.361 e. The van der Waals surface area contributed by atoms with Crippen LogP contribution < -0.4 is 5.32 Å². The zero-order chi connectivity index (χ0) is 19.5. The molecule has 1 unspecified atom stereocenters. The number of benzene rings is 2. The molecule has 2 aromatic carbocycles. The Labute approximate surface area is 169 Å². The van der Waals surface area contributed by atoms with E-state index in [-0.39, 0.29) is 5.91 Å². The molecule has 0 radical (unpaired) electrons. The number of amides is 1. The van der Waals surface area contributed by atoms with Gasteiger partial charge in [-0.05, 0) is 72.3 Å². The quantitative estimate of drug-likeness (QED) is 0.407. The molecule has 1 atom stereocenters. The number of nitrogens with one attached hydrogen (secondary N) is 2. The lowest BCUT2D eigenvalue weighted by atomic mass is 9.99. The summed E-state index contributed by atoms with van der Waals surface area (Å²) in [5.41, 5.74) is 3.87. The monoisotopic (exact) mass is 389 g/mol. The van der Waals surface area contributed by atoms with Gasteiger partial charge in [-0.3, -0.25) is 8.77 Å². The van der Waals surface area contributed by atoms with Crippen LogP contribution >= 0.6 is 11.9 Å². The van der Waals surface area contributed by atoms with Crippen LogP contribution in [0.3, 0.4) is 0 Å². The Kier molecular flexibility index (Phi) is 5.26. The van der Waals surface area contributed by atoms with Crippen molar-refractivity contribution < 1.29 is 4.79 Å². The Morgan fingerprint density at radius 3 is 2.75 bits per heavy atom. The molecule has 1 amide bonds. The summed E-state index contributed by atoms with van der Waals surface area (Å²) in [4.78, 5) is 16.9. The molecule has 2 aromatic heterocycles. The molecule has 2 N–H and O–H groups in total. The molecule has 2 heterocycles. The average Bonchev–Trinajstić information content (AvgIpc) is 3.37. The SMILES string of the molecule is CCC(C)c1ccc(NC(=O)c2ccn(Sc3ccc4[nH]ccc4c3)c2)cc1. The van der Waals surface area contributed by atoms with E-state index in [2.05, 4.69) is 60.5 Å². The van der Waals surface area contributed by atoms with Crippen LogP contribution in [0.2, 0.25) is 0 Å². The summed E-state index contributed by atoms with van der Waals surface area (Å²) in [6, 6.07) is 18.3. The van der Waals surface area contributed by atoms with E-state index >= 15 is 0 Å². The molecule has 4 nitrogen and oxygen atoms in total. The Morgan fingerprint density at radius 2 is 1.96 bits per heavy atom. The Morgan fingerprint density at radius 1 is 1.14 bits per heavy atom. The normalized spacial score (nSPS) is 12.2. The van der Waals surface area contributed by atoms with E-state index in [1.54, 1.807) is 11.9 Å². The third kappa shape index (κ3) is 3.99. The van der Waals surface area contributed by atoms with Crippen molar-refractivity contribution in [3.63, 3.8) is 0 Å². The van der Waals surface area contributed by atoms with Gasteiger partial charge in [0.25, 0.3) is 5.91 Å². The molecule has 0 fully saturated rings. The van der Waals surface area contributed by atoms with Crippen molar-refractivity contribution in [1.29, 1.82) is 0 Å². The van der Waals surface area contributed by atoms with Gasteiger partial charge in [-0.25, -0.2) is 0 Å². The van der Waals surface area contributed by atoms with Crippen LogP contribution in [0.1, 0.15) is 42.1 Å². The van der Waals surface area contributed by atoms with Crippen LogP contribution in [0.25, 0.3) is 10.9 Å². The topological polar surface area (TPSA) is 49.8 Å². The standard InChI is InChI=1S/C23H23N3OS/c1-3-16(2)17-4-6-20(7-5-17)25-23(27)19-11-13-26(15-19)28-21-8-9-22-18(14-21)10-12-24-22/h4-16,24H,3H2,1-2H3,(H,25,27). The highest BCUT2D eigenvalue weighted by atomic mass is 32.2. The van der Waals surface area contributed by atoms with Crippen LogP contribution in [-0.4, -0.2) is 14.9 Å². The van der Waals surface area contributed by atoms with E-state index in [0.717, 1.165) is 22.5 Å². The number of carbonyl (C=O) groups is 1. The van der Waals surface area contributed by atoms with E-state index in [0.29, 0.717) is 11.5 Å². The highest BCUT2D eigenvalue weighted by Crippen LogP contribution is 2.25. The average molecular weight is 390 g/mol. The lowest BCUT2D eigenvalue weighted by molar-refractivity contribution is 0.102. The predicted octanol–water partition coefficient (Wildman–Crippen LogP) is 6.29. The number of H-pyrrole nitrogens is 1. The molecule has 0 saturated carbocycles. The number of carbonyl (C=O) groups excluding carboxylic acids is 1. The molecule has 0 spiro atoms. The summed E-state index contributed by atoms with van der Waals surface area (Å²) < 4.78 is 1.95. The number of aromatic amines is 1. The van der Waals surface area contributed by atoms with Crippen molar-refractivity contribution >= 4 is 34.4 Å². The van der Waals surface area contributed by atoms with Crippen molar-refractivity contribution in [3.05, 3.63) is 84.3 Å². The summed E-state index contributed by atoms with van der Waals surface area (Å²) in [7, 11) is 0. The van der Waals surface area contributed by atoms with Gasteiger partial charge in [0, 0.05) is 40.1 Å². The maximum Gasteiger partial charge on any atom is 0.257 e. The molecule has 0 saturated heterocycles. The summed E-state index contributed by atoms with van der Waals surface area (Å²) in [5, 5.41) is 4.15. The van der Waals surface area contributed by atoms with Crippen LogP contribution in [0, 0.1) is 0 Å². The number of fused-ring (bicyclic) bond motifs is 1. The number of anilines is 1. The maximum atomic E-state index is 12.6. The minimum atomic E-state index is -0.100. The van der Waals surface area contributed by atoms with Crippen LogP contribution in [0.4, 0.5) is 5.69 Å². The second kappa shape index (κ2) is 7.98. The molecular weight excluding hydrogens is 366 g/mol. The largest absolute Gasteiger partial charge is 0.361 e. The van der Waals surface area contributed by atoms with E-state index in [1.807, 2.05) is 40.8 Å². The first kappa shape index (κ1) is 18.4. The first-order valence-electron chi connectivity index (χ1n) is 9.47. The molecule has 4 rings (SSSR count). The second-order valence-corrected chi connectivity index (χ2v) is 8.04. The zero-order valence-corrected chi connectivity index (χ0v) is 16.8. The van der Waals surface area contributed by atoms with Gasteiger partial charge in [0.2, 0.25) is 0 Å². The summed E-state index contributed by atoms with van der Waals surface area (Å²) in [6.07, 6.45) is 6.81. The second-order valence-electron chi connectivity index (χ2n) is 6.96. The molecule has 5 heteroatoms. The molecular formula is C23H23N3OS. The van der Waals surface area contributed by atoms with E-state index in [1.165, 1.54) is 10.9 Å². The van der Waals surface area contributed by atoms with Crippen molar-refractivity contribution in [2.24, 2.45) is 0 Å². The third-order valence-corrected chi connectivity index (χ3v) is 5.92. The zero-order valence-electron chi connectivity index (χ0n) is 16.0. The highest BCUT2D eigenvalue weighted by molar-refractivity contribution is 7.97. The first-order chi connectivity index (χ1) is 13.6. The molecule has 28 heavy (non-hydrogen) atoms. The summed E-state index contributed by atoms with van der Waals surface area (Å²) >= 11 is 1.58. The molecule has 4 aromatic rings. The lowest BCUT2D eigenvalue weighted by Crippen LogP contribution is -2.11. The smallest absolute Gasteiger partial charge is 0.257 e. The fraction of sp³-hybridized carbons (Fsp3) is 0.174. The van der Waals surface area contributed by atoms with Gasteiger partial charge in [0.15, 0.2) is 0 Å². The van der Waals surface area contributed by atoms with Crippen LogP contribution in [0.15, 0.2) is 78.1 Å². The summed E-state index contributed by atoms with van der Waals surface area (Å²) in [6.45, 7) is 4.39.